The largest absolute Gasteiger partial charge is 0.309 e. The van der Waals surface area contributed by atoms with Crippen LogP contribution in [0.3, 0.4) is 0 Å². The van der Waals surface area contributed by atoms with Gasteiger partial charge in [0.05, 0.1) is 5.56 Å². The predicted octanol–water partition coefficient (Wildman–Crippen LogP) is 5.14. The monoisotopic (exact) mass is 307 g/mol. The van der Waals surface area contributed by atoms with Crippen molar-refractivity contribution in [2.45, 2.75) is 32.2 Å². The van der Waals surface area contributed by atoms with Crippen LogP contribution in [-0.2, 0) is 0 Å². The van der Waals surface area contributed by atoms with Gasteiger partial charge in [0.25, 0.3) is 0 Å². The molecule has 2 aromatic rings. The average Bonchev–Trinajstić information content (AvgIpc) is 3.18. The highest BCUT2D eigenvalue weighted by molar-refractivity contribution is 7.15. The fourth-order valence-electron chi connectivity index (χ4n) is 2.62. The summed E-state index contributed by atoms with van der Waals surface area (Å²) in [4.78, 5) is 1.85. The minimum absolute atomic E-state index is 0.0961. The molecular weight excluding hydrogens is 288 g/mol. The molecule has 1 nitrogen and oxygen atoms in total. The molecule has 1 atom stereocenters. The van der Waals surface area contributed by atoms with E-state index in [0.717, 1.165) is 13.0 Å². The number of nitrogens with one attached hydrogen (secondary N) is 1. The van der Waals surface area contributed by atoms with Gasteiger partial charge in [0, 0.05) is 15.8 Å². The lowest BCUT2D eigenvalue weighted by atomic mass is 10.1. The van der Waals surface area contributed by atoms with Gasteiger partial charge in [-0.05, 0) is 56.0 Å². The van der Waals surface area contributed by atoms with Crippen LogP contribution < -0.4 is 5.32 Å². The second-order valence-corrected chi connectivity index (χ2v) is 6.68. The van der Waals surface area contributed by atoms with E-state index in [2.05, 4.69) is 12.2 Å². The van der Waals surface area contributed by atoms with Crippen LogP contribution in [0.15, 0.2) is 30.3 Å². The van der Waals surface area contributed by atoms with Gasteiger partial charge in [0.2, 0.25) is 0 Å². The number of hydrogen-bond acceptors (Lipinski definition) is 2. The van der Waals surface area contributed by atoms with E-state index in [1.165, 1.54) is 47.3 Å². The molecule has 1 aromatic heterocycles. The van der Waals surface area contributed by atoms with Gasteiger partial charge in [-0.2, -0.15) is 0 Å². The van der Waals surface area contributed by atoms with Crippen LogP contribution in [0.4, 0.5) is 8.78 Å². The predicted molar refractivity (Wildman–Crippen MR) is 83.4 cm³/mol. The minimum Gasteiger partial charge on any atom is -0.309 e. The number of hydrogen-bond donors (Lipinski definition) is 1. The Bertz CT molecular complexity index is 599. The minimum atomic E-state index is -0.493. The smallest absolute Gasteiger partial charge is 0.134 e. The van der Waals surface area contributed by atoms with Gasteiger partial charge in [-0.15, -0.1) is 11.3 Å². The van der Waals surface area contributed by atoms with Crippen molar-refractivity contribution in [1.82, 2.24) is 5.32 Å². The van der Waals surface area contributed by atoms with Crippen molar-refractivity contribution < 1.29 is 8.78 Å². The van der Waals surface area contributed by atoms with E-state index in [-0.39, 0.29) is 5.56 Å². The van der Waals surface area contributed by atoms with E-state index in [0.29, 0.717) is 16.8 Å². The lowest BCUT2D eigenvalue weighted by Crippen LogP contribution is -2.22. The molecule has 1 heterocycles. The zero-order valence-corrected chi connectivity index (χ0v) is 12.9. The average molecular weight is 307 g/mol. The van der Waals surface area contributed by atoms with Gasteiger partial charge >= 0.3 is 0 Å². The third kappa shape index (κ3) is 3.16. The van der Waals surface area contributed by atoms with E-state index in [9.17, 15) is 8.78 Å². The highest BCUT2D eigenvalue weighted by atomic mass is 32.1. The molecule has 21 heavy (non-hydrogen) atoms. The summed E-state index contributed by atoms with van der Waals surface area (Å²) in [5.41, 5.74) is 0.0961. The SMILES string of the molecule is CCCNC(c1ccc(-c2c(F)cccc2F)s1)C1CC1. The first kappa shape index (κ1) is 14.7. The first-order valence-corrected chi connectivity index (χ1v) is 8.30. The molecule has 4 heteroatoms. The van der Waals surface area contributed by atoms with Gasteiger partial charge in [-0.1, -0.05) is 13.0 Å². The fourth-order valence-corrected chi connectivity index (χ4v) is 3.84. The van der Waals surface area contributed by atoms with Crippen LogP contribution >= 0.6 is 11.3 Å². The van der Waals surface area contributed by atoms with E-state index >= 15 is 0 Å². The summed E-state index contributed by atoms with van der Waals surface area (Å²) in [6.45, 7) is 3.12. The number of benzene rings is 1. The second-order valence-electron chi connectivity index (χ2n) is 5.57. The van der Waals surface area contributed by atoms with Crippen LogP contribution in [0.2, 0.25) is 0 Å². The summed E-state index contributed by atoms with van der Waals surface area (Å²) >= 11 is 1.50. The molecule has 1 saturated carbocycles. The standard InChI is InChI=1S/C17H19F2NS/c1-2-10-20-17(11-6-7-11)15-9-8-14(21-15)16-12(18)4-3-5-13(16)19/h3-5,8-9,11,17,20H,2,6-7,10H2,1H3. The Morgan fingerprint density at radius 3 is 2.52 bits per heavy atom. The summed E-state index contributed by atoms with van der Waals surface area (Å²) < 4.78 is 27.7. The van der Waals surface area contributed by atoms with E-state index in [1.807, 2.05) is 12.1 Å². The fraction of sp³-hybridized carbons (Fsp3) is 0.412. The van der Waals surface area contributed by atoms with Gasteiger partial charge in [-0.25, -0.2) is 8.78 Å². The highest BCUT2D eigenvalue weighted by Gasteiger charge is 2.33. The van der Waals surface area contributed by atoms with E-state index < -0.39 is 11.6 Å². The highest BCUT2D eigenvalue weighted by Crippen LogP contribution is 2.44. The maximum atomic E-state index is 13.9. The molecule has 112 valence electrons. The molecule has 1 unspecified atom stereocenters. The van der Waals surface area contributed by atoms with E-state index in [4.69, 9.17) is 0 Å². The molecule has 3 rings (SSSR count). The molecule has 0 radical (unpaired) electrons. The third-order valence-electron chi connectivity index (χ3n) is 3.85. The van der Waals surface area contributed by atoms with Crippen molar-refractivity contribution in [3.05, 3.63) is 46.8 Å². The number of rotatable bonds is 6. The second kappa shape index (κ2) is 6.24. The van der Waals surface area contributed by atoms with Crippen LogP contribution in [-0.4, -0.2) is 6.54 Å². The van der Waals surface area contributed by atoms with Crippen molar-refractivity contribution in [3.8, 4) is 10.4 Å². The van der Waals surface area contributed by atoms with Crippen molar-refractivity contribution in [2.75, 3.05) is 6.54 Å². The van der Waals surface area contributed by atoms with E-state index in [1.54, 1.807) is 0 Å². The molecule has 1 aliphatic carbocycles. The molecule has 0 aliphatic heterocycles. The zero-order valence-electron chi connectivity index (χ0n) is 12.0. The summed E-state index contributed by atoms with van der Waals surface area (Å²) in [7, 11) is 0. The van der Waals surface area contributed by atoms with Gasteiger partial charge in [-0.3, -0.25) is 0 Å². The normalized spacial score (nSPS) is 16.1. The lowest BCUT2D eigenvalue weighted by molar-refractivity contribution is 0.488. The molecule has 1 aliphatic rings. The molecule has 0 bridgehead atoms. The van der Waals surface area contributed by atoms with Crippen LogP contribution in [0.1, 0.15) is 37.1 Å². The van der Waals surface area contributed by atoms with Crippen LogP contribution in [0.25, 0.3) is 10.4 Å². The van der Waals surface area contributed by atoms with Crippen molar-refractivity contribution >= 4 is 11.3 Å². The zero-order chi connectivity index (χ0) is 14.8. The first-order valence-electron chi connectivity index (χ1n) is 7.48. The Morgan fingerprint density at radius 2 is 1.90 bits per heavy atom. The maximum absolute atomic E-state index is 13.9. The van der Waals surface area contributed by atoms with Crippen molar-refractivity contribution in [2.24, 2.45) is 5.92 Å². The topological polar surface area (TPSA) is 12.0 Å². The van der Waals surface area contributed by atoms with Crippen LogP contribution in [0, 0.1) is 17.6 Å². The maximum Gasteiger partial charge on any atom is 0.134 e. The van der Waals surface area contributed by atoms with Crippen LogP contribution in [0.5, 0.6) is 0 Å². The lowest BCUT2D eigenvalue weighted by Gasteiger charge is -2.16. The molecule has 0 saturated heterocycles. The molecule has 1 N–H and O–H groups in total. The Kier molecular flexibility index (Phi) is 4.36. The summed E-state index contributed by atoms with van der Waals surface area (Å²) in [6, 6.07) is 8.20. The molecule has 1 aromatic carbocycles. The Balaban J connectivity index is 1.88. The van der Waals surface area contributed by atoms with Crippen molar-refractivity contribution in [3.63, 3.8) is 0 Å². The Labute approximate surface area is 128 Å². The molecule has 0 amide bonds. The molecule has 1 fully saturated rings. The number of thiophene rings is 1. The van der Waals surface area contributed by atoms with Crippen molar-refractivity contribution in [1.29, 1.82) is 0 Å². The van der Waals surface area contributed by atoms with Gasteiger partial charge < -0.3 is 5.32 Å². The molecule has 0 spiro atoms. The quantitative estimate of drug-likeness (QED) is 0.779. The summed E-state index contributed by atoms with van der Waals surface area (Å²) in [6.07, 6.45) is 3.56. The first-order chi connectivity index (χ1) is 10.2. The molecular formula is C17H19F2NS. The Morgan fingerprint density at radius 1 is 1.19 bits per heavy atom. The third-order valence-corrected chi connectivity index (χ3v) is 5.04. The number of halogens is 2. The van der Waals surface area contributed by atoms with Gasteiger partial charge in [0.15, 0.2) is 0 Å². The summed E-state index contributed by atoms with van der Waals surface area (Å²) in [5.74, 6) is -0.311. The Hall–Kier alpha value is -1.26. The summed E-state index contributed by atoms with van der Waals surface area (Å²) in [5, 5.41) is 3.56. The van der Waals surface area contributed by atoms with Gasteiger partial charge in [0.1, 0.15) is 11.6 Å².